The van der Waals surface area contributed by atoms with Crippen molar-refractivity contribution in [2.75, 3.05) is 6.54 Å². The van der Waals surface area contributed by atoms with Crippen LogP contribution >= 0.6 is 0 Å². The highest BCUT2D eigenvalue weighted by Crippen LogP contribution is 2.16. The van der Waals surface area contributed by atoms with Crippen molar-refractivity contribution >= 4 is 0 Å². The maximum atomic E-state index is 5.39. The molecular formula is C12H17N3O. The average molecular weight is 219 g/mol. The average Bonchev–Trinajstić information content (AvgIpc) is 2.96. The lowest BCUT2D eigenvalue weighted by atomic mass is 10.1. The number of nitrogens with one attached hydrogen (secondary N) is 2. The van der Waals surface area contributed by atoms with Crippen LogP contribution in [0.25, 0.3) is 0 Å². The van der Waals surface area contributed by atoms with Gasteiger partial charge in [-0.15, -0.1) is 0 Å². The third-order valence-electron chi connectivity index (χ3n) is 2.63. The molecule has 0 radical (unpaired) electrons. The summed E-state index contributed by atoms with van der Waals surface area (Å²) < 4.78 is 5.39. The van der Waals surface area contributed by atoms with Crippen LogP contribution in [0.5, 0.6) is 0 Å². The fourth-order valence-electron chi connectivity index (χ4n) is 1.74. The zero-order valence-electron chi connectivity index (χ0n) is 9.44. The van der Waals surface area contributed by atoms with Gasteiger partial charge < -0.3 is 14.7 Å². The van der Waals surface area contributed by atoms with Crippen LogP contribution in [0.15, 0.2) is 35.3 Å². The smallest absolute Gasteiger partial charge is 0.120 e. The molecule has 2 aromatic rings. The number of furan rings is 1. The normalized spacial score (nSPS) is 12.8. The van der Waals surface area contributed by atoms with Crippen molar-refractivity contribution < 1.29 is 4.42 Å². The quantitative estimate of drug-likeness (QED) is 0.783. The van der Waals surface area contributed by atoms with E-state index in [1.165, 1.54) is 0 Å². The van der Waals surface area contributed by atoms with Crippen LogP contribution in [0.2, 0.25) is 0 Å². The van der Waals surface area contributed by atoms with Gasteiger partial charge in [0.25, 0.3) is 0 Å². The summed E-state index contributed by atoms with van der Waals surface area (Å²) in [6.45, 7) is 3.07. The molecule has 0 aliphatic carbocycles. The summed E-state index contributed by atoms with van der Waals surface area (Å²) in [6, 6.07) is 4.24. The van der Waals surface area contributed by atoms with Crippen LogP contribution < -0.4 is 5.32 Å². The van der Waals surface area contributed by atoms with Crippen molar-refractivity contribution in [3.63, 3.8) is 0 Å². The highest BCUT2D eigenvalue weighted by Gasteiger charge is 2.10. The highest BCUT2D eigenvalue weighted by atomic mass is 16.3. The van der Waals surface area contributed by atoms with E-state index in [4.69, 9.17) is 4.42 Å². The Morgan fingerprint density at radius 2 is 2.50 bits per heavy atom. The van der Waals surface area contributed by atoms with Gasteiger partial charge in [0.05, 0.1) is 18.6 Å². The van der Waals surface area contributed by atoms with Gasteiger partial charge >= 0.3 is 0 Å². The number of hydrogen-bond acceptors (Lipinski definition) is 3. The molecule has 1 unspecified atom stereocenters. The molecule has 2 aromatic heterocycles. The van der Waals surface area contributed by atoms with Crippen LogP contribution in [0.1, 0.15) is 30.8 Å². The zero-order valence-corrected chi connectivity index (χ0v) is 9.44. The van der Waals surface area contributed by atoms with Gasteiger partial charge in [-0.1, -0.05) is 6.92 Å². The van der Waals surface area contributed by atoms with Gasteiger partial charge in [0.1, 0.15) is 5.76 Å². The number of hydrogen-bond donors (Lipinski definition) is 2. The molecule has 0 aliphatic rings. The summed E-state index contributed by atoms with van der Waals surface area (Å²) in [5.74, 6) is 1.01. The molecule has 4 heteroatoms. The highest BCUT2D eigenvalue weighted by molar-refractivity contribution is 5.04. The topological polar surface area (TPSA) is 53.9 Å². The van der Waals surface area contributed by atoms with Gasteiger partial charge in [0.15, 0.2) is 0 Å². The summed E-state index contributed by atoms with van der Waals surface area (Å²) in [7, 11) is 0. The van der Waals surface area contributed by atoms with Crippen LogP contribution in [0.3, 0.4) is 0 Å². The molecule has 4 nitrogen and oxygen atoms in total. The van der Waals surface area contributed by atoms with E-state index in [0.717, 1.165) is 30.8 Å². The van der Waals surface area contributed by atoms with Gasteiger partial charge in [-0.3, -0.25) is 0 Å². The minimum atomic E-state index is 0.304. The molecule has 2 rings (SSSR count). The summed E-state index contributed by atoms with van der Waals surface area (Å²) in [5.41, 5.74) is 1.15. The molecule has 0 fully saturated rings. The Bertz CT molecular complexity index is 380. The van der Waals surface area contributed by atoms with E-state index in [2.05, 4.69) is 22.2 Å². The molecule has 0 aliphatic heterocycles. The molecule has 0 spiro atoms. The van der Waals surface area contributed by atoms with E-state index in [9.17, 15) is 0 Å². The van der Waals surface area contributed by atoms with Crippen molar-refractivity contribution in [1.29, 1.82) is 0 Å². The number of aromatic amines is 1. The van der Waals surface area contributed by atoms with Gasteiger partial charge in [-0.25, -0.2) is 4.98 Å². The summed E-state index contributed by atoms with van der Waals surface area (Å²) in [6.07, 6.45) is 7.26. The predicted molar refractivity (Wildman–Crippen MR) is 62.0 cm³/mol. The van der Waals surface area contributed by atoms with E-state index in [0.29, 0.717) is 6.04 Å². The third-order valence-corrected chi connectivity index (χ3v) is 2.63. The molecule has 2 N–H and O–H groups in total. The maximum absolute atomic E-state index is 5.39. The van der Waals surface area contributed by atoms with Gasteiger partial charge in [0.2, 0.25) is 0 Å². The number of H-pyrrole nitrogens is 1. The lowest BCUT2D eigenvalue weighted by Gasteiger charge is -2.13. The van der Waals surface area contributed by atoms with Crippen molar-refractivity contribution in [2.24, 2.45) is 0 Å². The lowest BCUT2D eigenvalue weighted by Crippen LogP contribution is -2.22. The Morgan fingerprint density at radius 3 is 3.12 bits per heavy atom. The zero-order chi connectivity index (χ0) is 11.2. The first-order valence-corrected chi connectivity index (χ1v) is 5.64. The number of imidazole rings is 1. The van der Waals surface area contributed by atoms with E-state index in [-0.39, 0.29) is 0 Å². The molecule has 16 heavy (non-hydrogen) atoms. The van der Waals surface area contributed by atoms with Crippen LogP contribution in [0.4, 0.5) is 0 Å². The Kier molecular flexibility index (Phi) is 3.77. The second-order valence-electron chi connectivity index (χ2n) is 3.76. The first kappa shape index (κ1) is 11.0. The largest absolute Gasteiger partial charge is 0.468 e. The minimum Gasteiger partial charge on any atom is -0.468 e. The second kappa shape index (κ2) is 5.51. The third kappa shape index (κ3) is 2.73. The predicted octanol–water partition coefficient (Wildman–Crippen LogP) is 2.29. The van der Waals surface area contributed by atoms with E-state index in [1.807, 2.05) is 18.3 Å². The maximum Gasteiger partial charge on any atom is 0.120 e. The first-order chi connectivity index (χ1) is 7.90. The Morgan fingerprint density at radius 1 is 1.56 bits per heavy atom. The minimum absolute atomic E-state index is 0.304. The fraction of sp³-hybridized carbons (Fsp3) is 0.417. The molecule has 0 bridgehead atoms. The summed E-state index contributed by atoms with van der Waals surface area (Å²) >= 11 is 0. The first-order valence-electron chi connectivity index (χ1n) is 5.64. The van der Waals surface area contributed by atoms with Crippen LogP contribution in [-0.2, 0) is 6.42 Å². The van der Waals surface area contributed by atoms with E-state index >= 15 is 0 Å². The molecule has 1 atom stereocenters. The monoisotopic (exact) mass is 219 g/mol. The molecule has 0 saturated heterocycles. The Hall–Kier alpha value is -1.55. The van der Waals surface area contributed by atoms with E-state index < -0.39 is 0 Å². The van der Waals surface area contributed by atoms with Gasteiger partial charge in [-0.2, -0.15) is 0 Å². The van der Waals surface area contributed by atoms with E-state index in [1.54, 1.807) is 12.6 Å². The fourth-order valence-corrected chi connectivity index (χ4v) is 1.74. The molecule has 0 amide bonds. The molecule has 0 aromatic carbocycles. The van der Waals surface area contributed by atoms with Crippen molar-refractivity contribution in [3.8, 4) is 0 Å². The molecule has 2 heterocycles. The second-order valence-corrected chi connectivity index (χ2v) is 3.76. The van der Waals surface area contributed by atoms with Crippen molar-refractivity contribution in [3.05, 3.63) is 42.4 Å². The Balaban J connectivity index is 1.80. The molecule has 0 saturated carbocycles. The van der Waals surface area contributed by atoms with Crippen LogP contribution in [-0.4, -0.2) is 16.5 Å². The molecular weight excluding hydrogens is 202 g/mol. The van der Waals surface area contributed by atoms with Crippen molar-refractivity contribution in [1.82, 2.24) is 15.3 Å². The number of aromatic nitrogens is 2. The Labute approximate surface area is 95.1 Å². The van der Waals surface area contributed by atoms with Crippen molar-refractivity contribution in [2.45, 2.75) is 25.8 Å². The SMILES string of the molecule is CCC(NCCc1cnc[nH]1)c1ccco1. The number of rotatable bonds is 6. The molecule has 86 valence electrons. The van der Waals surface area contributed by atoms with Gasteiger partial charge in [0, 0.05) is 24.9 Å². The standard InChI is InChI=1S/C12H17N3O/c1-2-11(12-4-3-7-16-12)14-6-5-10-8-13-9-15-10/h3-4,7-9,11,14H,2,5-6H2,1H3,(H,13,15). The van der Waals surface area contributed by atoms with Crippen LogP contribution in [0, 0.1) is 0 Å². The number of nitrogens with zero attached hydrogens (tertiary/aromatic N) is 1. The van der Waals surface area contributed by atoms with Gasteiger partial charge in [-0.05, 0) is 18.6 Å². The lowest BCUT2D eigenvalue weighted by molar-refractivity contribution is 0.406. The summed E-state index contributed by atoms with van der Waals surface area (Å²) in [4.78, 5) is 7.08. The summed E-state index contributed by atoms with van der Waals surface area (Å²) in [5, 5.41) is 3.47.